The molecule has 4 rings (SSSR count). The van der Waals surface area contributed by atoms with Crippen LogP contribution in [0.5, 0.6) is 11.5 Å². The SMILES string of the molecule is C[C@H]1CCCC(=O)CCCC=Cc2cc(OCc3ccc(Cl)c(Cl)c3)cc(OCc3ccc(Cl)c(Cl)c3)c2C(=O)O1. The summed E-state index contributed by atoms with van der Waals surface area (Å²) < 4.78 is 18.1. The van der Waals surface area contributed by atoms with Gasteiger partial charge in [-0.2, -0.15) is 0 Å². The van der Waals surface area contributed by atoms with Crippen LogP contribution in [-0.2, 0) is 22.7 Å². The highest BCUT2D eigenvalue weighted by molar-refractivity contribution is 6.42. The van der Waals surface area contributed by atoms with Crippen LogP contribution in [-0.4, -0.2) is 17.9 Å². The summed E-state index contributed by atoms with van der Waals surface area (Å²) in [7, 11) is 0. The molecule has 0 bridgehead atoms. The number of fused-ring (bicyclic) bond motifs is 1. The van der Waals surface area contributed by atoms with Crippen molar-refractivity contribution in [3.05, 3.63) is 97.0 Å². The summed E-state index contributed by atoms with van der Waals surface area (Å²) in [6.45, 7) is 2.18. The third kappa shape index (κ3) is 9.14. The predicted octanol–water partition coefficient (Wildman–Crippen LogP) is 9.94. The smallest absolute Gasteiger partial charge is 0.342 e. The minimum absolute atomic E-state index is 0.133. The zero-order valence-electron chi connectivity index (χ0n) is 22.6. The molecule has 0 saturated carbocycles. The van der Waals surface area contributed by atoms with Crippen LogP contribution in [0.25, 0.3) is 6.08 Å². The van der Waals surface area contributed by atoms with E-state index in [0.717, 1.165) is 17.5 Å². The molecule has 3 aromatic rings. The number of ether oxygens (including phenoxy) is 3. The van der Waals surface area contributed by atoms with E-state index in [1.165, 1.54) is 0 Å². The maximum Gasteiger partial charge on any atom is 0.342 e. The number of hydrogen-bond acceptors (Lipinski definition) is 5. The summed E-state index contributed by atoms with van der Waals surface area (Å²) in [4.78, 5) is 25.7. The zero-order chi connectivity index (χ0) is 29.4. The molecule has 1 heterocycles. The van der Waals surface area contributed by atoms with Gasteiger partial charge in [0.05, 0.1) is 26.2 Å². The number of Topliss-reactive ketones (excluding diaryl/α,β-unsaturated/α-hetero) is 1. The second-order valence-electron chi connectivity index (χ2n) is 9.90. The Kier molecular flexibility index (Phi) is 11.4. The fourth-order valence-corrected chi connectivity index (χ4v) is 5.03. The number of hydrogen-bond donors (Lipinski definition) is 0. The zero-order valence-corrected chi connectivity index (χ0v) is 25.6. The number of esters is 1. The van der Waals surface area contributed by atoms with Gasteiger partial charge in [-0.25, -0.2) is 4.79 Å². The van der Waals surface area contributed by atoms with E-state index in [4.69, 9.17) is 60.6 Å². The molecule has 1 aliphatic heterocycles. The normalized spacial score (nSPS) is 16.5. The van der Waals surface area contributed by atoms with Crippen molar-refractivity contribution in [2.75, 3.05) is 0 Å². The van der Waals surface area contributed by atoms with Crippen molar-refractivity contribution >= 4 is 64.2 Å². The quantitative estimate of drug-likeness (QED) is 0.252. The number of halogens is 4. The summed E-state index contributed by atoms with van der Waals surface area (Å²) in [6, 6.07) is 13.9. The van der Waals surface area contributed by atoms with Crippen LogP contribution in [0.3, 0.4) is 0 Å². The fraction of sp³-hybridized carbons (Fsp3) is 0.312. The minimum atomic E-state index is -0.513. The van der Waals surface area contributed by atoms with Crippen molar-refractivity contribution in [3.8, 4) is 11.5 Å². The first-order valence-electron chi connectivity index (χ1n) is 13.4. The Hall–Kier alpha value is -2.70. The molecule has 0 spiro atoms. The van der Waals surface area contributed by atoms with E-state index < -0.39 is 5.97 Å². The van der Waals surface area contributed by atoms with Crippen LogP contribution in [0.2, 0.25) is 20.1 Å². The Balaban J connectivity index is 1.69. The molecule has 1 aliphatic rings. The number of carbonyl (C=O) groups is 2. The summed E-state index contributed by atoms with van der Waals surface area (Å²) in [6.07, 6.45) is 7.10. The second kappa shape index (κ2) is 15.0. The van der Waals surface area contributed by atoms with Gasteiger partial charge in [0.2, 0.25) is 0 Å². The molecule has 0 unspecified atom stereocenters. The Labute approximate surface area is 260 Å². The Morgan fingerprint density at radius 2 is 1.44 bits per heavy atom. The lowest BCUT2D eigenvalue weighted by Gasteiger charge is -2.19. The van der Waals surface area contributed by atoms with Gasteiger partial charge in [0, 0.05) is 18.9 Å². The van der Waals surface area contributed by atoms with E-state index >= 15 is 0 Å². The van der Waals surface area contributed by atoms with E-state index in [0.29, 0.717) is 74.8 Å². The van der Waals surface area contributed by atoms with Crippen molar-refractivity contribution in [1.29, 1.82) is 0 Å². The molecule has 0 fully saturated rings. The van der Waals surface area contributed by atoms with Crippen molar-refractivity contribution in [2.45, 2.75) is 64.8 Å². The summed E-state index contributed by atoms with van der Waals surface area (Å²) in [5, 5.41) is 1.73. The average molecular weight is 636 g/mol. The Morgan fingerprint density at radius 1 is 0.805 bits per heavy atom. The minimum Gasteiger partial charge on any atom is -0.489 e. The second-order valence-corrected chi connectivity index (χ2v) is 11.5. The molecule has 0 aromatic heterocycles. The van der Waals surface area contributed by atoms with Crippen molar-refractivity contribution in [1.82, 2.24) is 0 Å². The van der Waals surface area contributed by atoms with Crippen LogP contribution in [0.15, 0.2) is 54.6 Å². The maximum absolute atomic E-state index is 13.5. The van der Waals surface area contributed by atoms with Crippen LogP contribution in [0.1, 0.15) is 72.5 Å². The molecule has 216 valence electrons. The van der Waals surface area contributed by atoms with Crippen LogP contribution in [0, 0.1) is 0 Å². The third-order valence-electron chi connectivity index (χ3n) is 6.58. The van der Waals surface area contributed by atoms with Gasteiger partial charge in [0.1, 0.15) is 36.1 Å². The number of carbonyl (C=O) groups excluding carboxylic acids is 2. The molecular weight excluding hydrogens is 606 g/mol. The van der Waals surface area contributed by atoms with E-state index in [2.05, 4.69) is 0 Å². The van der Waals surface area contributed by atoms with Gasteiger partial charge in [-0.15, -0.1) is 0 Å². The maximum atomic E-state index is 13.5. The monoisotopic (exact) mass is 634 g/mol. The van der Waals surface area contributed by atoms with Gasteiger partial charge < -0.3 is 14.2 Å². The van der Waals surface area contributed by atoms with Gasteiger partial charge >= 0.3 is 5.97 Å². The molecule has 9 heteroatoms. The standard InChI is InChI=1S/C32H30Cl4O5/c1-20-6-5-9-24(37)8-4-2-3-7-23-16-25(39-18-21-10-12-26(33)28(35)14-21)17-30(31(23)32(38)41-20)40-19-22-11-13-27(34)29(36)15-22/h3,7,10-17,20H,2,4-6,8-9,18-19H2,1H3/t20-/m0/s1. The van der Waals surface area contributed by atoms with Crippen molar-refractivity contribution in [3.63, 3.8) is 0 Å². The Bertz CT molecular complexity index is 1440. The third-order valence-corrected chi connectivity index (χ3v) is 8.05. The summed E-state index contributed by atoms with van der Waals surface area (Å²) in [5.74, 6) is 0.508. The molecule has 0 amide bonds. The number of allylic oxidation sites excluding steroid dienone is 1. The van der Waals surface area contributed by atoms with E-state index in [-0.39, 0.29) is 25.1 Å². The molecule has 3 aromatic carbocycles. The molecule has 0 aliphatic carbocycles. The molecule has 0 radical (unpaired) electrons. The van der Waals surface area contributed by atoms with Gasteiger partial charge in [-0.05, 0) is 79.6 Å². The van der Waals surface area contributed by atoms with Gasteiger partial charge in [0.25, 0.3) is 0 Å². The van der Waals surface area contributed by atoms with Crippen LogP contribution < -0.4 is 9.47 Å². The number of cyclic esters (lactones) is 1. The molecule has 0 N–H and O–H groups in total. The predicted molar refractivity (Wildman–Crippen MR) is 165 cm³/mol. The molecule has 1 atom stereocenters. The number of benzene rings is 3. The van der Waals surface area contributed by atoms with Crippen LogP contribution >= 0.6 is 46.4 Å². The lowest BCUT2D eigenvalue weighted by Crippen LogP contribution is -2.18. The number of ketones is 1. The lowest BCUT2D eigenvalue weighted by molar-refractivity contribution is -0.119. The molecule has 5 nitrogen and oxygen atoms in total. The first-order valence-corrected chi connectivity index (χ1v) is 14.9. The Morgan fingerprint density at radius 3 is 2.10 bits per heavy atom. The number of rotatable bonds is 6. The van der Waals surface area contributed by atoms with Crippen molar-refractivity contribution < 1.29 is 23.8 Å². The highest BCUT2D eigenvalue weighted by atomic mass is 35.5. The topological polar surface area (TPSA) is 61.8 Å². The first kappa shape index (κ1) is 31.2. The van der Waals surface area contributed by atoms with Crippen LogP contribution in [0.4, 0.5) is 0 Å². The fourth-order valence-electron chi connectivity index (χ4n) is 4.38. The van der Waals surface area contributed by atoms with Gasteiger partial charge in [0.15, 0.2) is 0 Å². The molecule has 0 saturated heterocycles. The van der Waals surface area contributed by atoms with Gasteiger partial charge in [-0.1, -0.05) is 70.7 Å². The van der Waals surface area contributed by atoms with Crippen molar-refractivity contribution in [2.24, 2.45) is 0 Å². The first-order chi connectivity index (χ1) is 19.7. The van der Waals surface area contributed by atoms with Gasteiger partial charge in [-0.3, -0.25) is 4.79 Å². The molecule has 41 heavy (non-hydrogen) atoms. The van der Waals surface area contributed by atoms with E-state index in [1.807, 2.05) is 25.1 Å². The summed E-state index contributed by atoms with van der Waals surface area (Å²) in [5.41, 5.74) is 2.48. The largest absolute Gasteiger partial charge is 0.489 e. The average Bonchev–Trinajstić information content (AvgIpc) is 2.93. The summed E-state index contributed by atoms with van der Waals surface area (Å²) >= 11 is 24.5. The highest BCUT2D eigenvalue weighted by Gasteiger charge is 2.23. The lowest BCUT2D eigenvalue weighted by atomic mass is 10.0. The molecular formula is C32H30Cl4O5. The van der Waals surface area contributed by atoms with E-state index in [1.54, 1.807) is 42.5 Å². The highest BCUT2D eigenvalue weighted by Crippen LogP contribution is 2.34. The van der Waals surface area contributed by atoms with E-state index in [9.17, 15) is 9.59 Å².